The van der Waals surface area contributed by atoms with E-state index in [4.69, 9.17) is 9.47 Å². The van der Waals surface area contributed by atoms with Crippen LogP contribution in [-0.4, -0.2) is 24.3 Å². The Bertz CT molecular complexity index is 1210. The smallest absolute Gasteiger partial charge is 0.416 e. The Labute approximate surface area is 228 Å². The van der Waals surface area contributed by atoms with E-state index >= 15 is 0 Å². The molecule has 216 valence electrons. The summed E-state index contributed by atoms with van der Waals surface area (Å²) in [5.41, 5.74) is -1.72. The van der Waals surface area contributed by atoms with Gasteiger partial charge in [0.05, 0.1) is 17.7 Å². The van der Waals surface area contributed by atoms with Gasteiger partial charge in [0.15, 0.2) is 6.61 Å². The molecule has 0 aliphatic heterocycles. The number of rotatable bonds is 13. The average molecular weight is 569 g/mol. The van der Waals surface area contributed by atoms with Gasteiger partial charge in [-0.05, 0) is 53.9 Å². The molecule has 0 fully saturated rings. The summed E-state index contributed by atoms with van der Waals surface area (Å²) >= 11 is 0. The second kappa shape index (κ2) is 13.6. The normalized spacial score (nSPS) is 11.9. The maximum atomic E-state index is 13.5. The van der Waals surface area contributed by atoms with Crippen LogP contribution in [-0.2, 0) is 17.1 Å². The van der Waals surface area contributed by atoms with Gasteiger partial charge in [0.25, 0.3) is 0 Å². The molecule has 3 aromatic carbocycles. The predicted molar refractivity (Wildman–Crippen MR) is 139 cm³/mol. The van der Waals surface area contributed by atoms with E-state index in [1.165, 1.54) is 36.4 Å². The summed E-state index contributed by atoms with van der Waals surface area (Å²) in [4.78, 5) is 11.3. The first-order chi connectivity index (χ1) is 18.9. The molecule has 1 N–H and O–H groups in total. The predicted octanol–water partition coefficient (Wildman–Crippen LogP) is 9.26. The number of unbranched alkanes of at least 4 members (excludes halogenated alkanes) is 5. The largest absolute Gasteiger partial charge is 0.494 e. The summed E-state index contributed by atoms with van der Waals surface area (Å²) < 4.78 is 92.4. The average Bonchev–Trinajstić information content (AvgIpc) is 2.90. The number of hydrogen-bond acceptors (Lipinski definition) is 3. The van der Waals surface area contributed by atoms with Gasteiger partial charge in [0.1, 0.15) is 11.5 Å². The quantitative estimate of drug-likeness (QED) is 0.165. The van der Waals surface area contributed by atoms with Gasteiger partial charge in [0, 0.05) is 11.1 Å². The zero-order chi connectivity index (χ0) is 29.3. The zero-order valence-electron chi connectivity index (χ0n) is 21.9. The van der Waals surface area contributed by atoms with Crippen molar-refractivity contribution in [3.05, 3.63) is 71.8 Å². The van der Waals surface area contributed by atoms with E-state index < -0.39 is 36.1 Å². The van der Waals surface area contributed by atoms with Crippen molar-refractivity contribution in [3.63, 3.8) is 0 Å². The highest BCUT2D eigenvalue weighted by atomic mass is 19.4. The molecule has 0 amide bonds. The molecule has 0 aliphatic carbocycles. The van der Waals surface area contributed by atoms with E-state index in [0.29, 0.717) is 6.42 Å². The third-order valence-corrected chi connectivity index (χ3v) is 6.17. The molecule has 10 heteroatoms. The molecule has 0 saturated carbocycles. The summed E-state index contributed by atoms with van der Waals surface area (Å²) in [7, 11) is 0. The highest BCUT2D eigenvalue weighted by Gasteiger charge is 2.32. The second-order valence-electron chi connectivity index (χ2n) is 9.30. The minimum Gasteiger partial charge on any atom is -0.494 e. The third-order valence-electron chi connectivity index (χ3n) is 6.17. The lowest BCUT2D eigenvalue weighted by atomic mass is 9.94. The molecule has 0 spiro atoms. The van der Waals surface area contributed by atoms with Crippen LogP contribution in [0.5, 0.6) is 11.5 Å². The molecular weight excluding hydrogens is 538 g/mol. The Kier molecular flexibility index (Phi) is 10.5. The maximum Gasteiger partial charge on any atom is 0.416 e. The van der Waals surface area contributed by atoms with Gasteiger partial charge in [-0.3, -0.25) is 0 Å². The van der Waals surface area contributed by atoms with Crippen LogP contribution < -0.4 is 9.47 Å². The molecule has 0 heterocycles. The van der Waals surface area contributed by atoms with Crippen LogP contribution in [0.3, 0.4) is 0 Å². The topological polar surface area (TPSA) is 55.8 Å². The summed E-state index contributed by atoms with van der Waals surface area (Å²) in [6.07, 6.45) is -3.38. The highest BCUT2D eigenvalue weighted by molar-refractivity contribution is 5.85. The molecule has 4 nitrogen and oxygen atoms in total. The molecule has 0 unspecified atom stereocenters. The highest BCUT2D eigenvalue weighted by Crippen LogP contribution is 2.44. The van der Waals surface area contributed by atoms with Crippen molar-refractivity contribution in [3.8, 4) is 33.8 Å². The lowest BCUT2D eigenvalue weighted by molar-refractivity contribution is -0.139. The van der Waals surface area contributed by atoms with Crippen molar-refractivity contribution in [2.45, 2.75) is 57.8 Å². The number of hydrogen-bond donors (Lipinski definition) is 1. The fourth-order valence-corrected chi connectivity index (χ4v) is 4.20. The monoisotopic (exact) mass is 568 g/mol. The van der Waals surface area contributed by atoms with Crippen molar-refractivity contribution >= 4 is 5.97 Å². The van der Waals surface area contributed by atoms with Crippen molar-refractivity contribution in [1.29, 1.82) is 0 Å². The summed E-state index contributed by atoms with van der Waals surface area (Å²) in [5.74, 6) is -1.34. The van der Waals surface area contributed by atoms with Crippen molar-refractivity contribution in [1.82, 2.24) is 0 Å². The van der Waals surface area contributed by atoms with E-state index in [2.05, 4.69) is 6.92 Å². The first-order valence-electron chi connectivity index (χ1n) is 12.9. The fraction of sp³-hybridized carbons (Fsp3) is 0.367. The van der Waals surface area contributed by atoms with Crippen LogP contribution in [0.25, 0.3) is 22.3 Å². The number of ether oxygens (including phenoxy) is 2. The molecule has 40 heavy (non-hydrogen) atoms. The Morgan fingerprint density at radius 3 is 1.70 bits per heavy atom. The molecule has 0 atom stereocenters. The molecule has 3 rings (SSSR count). The van der Waals surface area contributed by atoms with E-state index in [0.717, 1.165) is 56.4 Å². The van der Waals surface area contributed by atoms with Crippen LogP contribution >= 0.6 is 0 Å². The van der Waals surface area contributed by atoms with Gasteiger partial charge in [-0.1, -0.05) is 63.3 Å². The van der Waals surface area contributed by atoms with Crippen molar-refractivity contribution in [2.75, 3.05) is 13.2 Å². The Morgan fingerprint density at radius 1 is 0.725 bits per heavy atom. The number of alkyl halides is 6. The molecule has 0 aromatic heterocycles. The Morgan fingerprint density at radius 2 is 1.23 bits per heavy atom. The molecule has 0 saturated heterocycles. The zero-order valence-corrected chi connectivity index (χ0v) is 21.9. The molecular formula is C30H30F6O4. The maximum absolute atomic E-state index is 13.5. The third kappa shape index (κ3) is 8.66. The van der Waals surface area contributed by atoms with Gasteiger partial charge in [-0.15, -0.1) is 0 Å². The van der Waals surface area contributed by atoms with Crippen LogP contribution in [0.4, 0.5) is 26.3 Å². The van der Waals surface area contributed by atoms with Gasteiger partial charge >= 0.3 is 18.3 Å². The summed E-state index contributed by atoms with van der Waals surface area (Å²) in [6.45, 7) is 1.53. The van der Waals surface area contributed by atoms with Gasteiger partial charge in [-0.2, -0.15) is 26.3 Å². The number of carbonyl (C=O) groups is 1. The van der Waals surface area contributed by atoms with E-state index in [9.17, 15) is 36.2 Å². The van der Waals surface area contributed by atoms with Crippen molar-refractivity contribution < 1.29 is 45.7 Å². The Hall–Kier alpha value is -3.69. The van der Waals surface area contributed by atoms with E-state index in [1.807, 2.05) is 0 Å². The molecule has 0 aliphatic rings. The molecule has 3 aromatic rings. The SMILES string of the molecule is CCCCCCCCOc1cc(-c2cccc(C(F)(F)F)c2)c(OCC(=O)O)c(-c2cccc(C(F)(F)F)c2)c1. The fourth-order valence-electron chi connectivity index (χ4n) is 4.20. The minimum absolute atomic E-state index is 0.0356. The van der Waals surface area contributed by atoms with Crippen LogP contribution in [0.2, 0.25) is 0 Å². The second-order valence-corrected chi connectivity index (χ2v) is 9.30. The van der Waals surface area contributed by atoms with Gasteiger partial charge in [0.2, 0.25) is 0 Å². The lowest BCUT2D eigenvalue weighted by Gasteiger charge is -2.19. The number of benzene rings is 3. The van der Waals surface area contributed by atoms with Crippen LogP contribution in [0.15, 0.2) is 60.7 Å². The number of carboxylic acid groups (broad SMARTS) is 1. The lowest BCUT2D eigenvalue weighted by Crippen LogP contribution is -2.11. The number of halogens is 6. The first-order valence-corrected chi connectivity index (χ1v) is 12.9. The number of aliphatic carboxylic acids is 1. The Balaban J connectivity index is 2.13. The van der Waals surface area contributed by atoms with Gasteiger partial charge in [-0.25, -0.2) is 4.79 Å². The van der Waals surface area contributed by atoms with Gasteiger partial charge < -0.3 is 14.6 Å². The number of carboxylic acids is 1. The summed E-state index contributed by atoms with van der Waals surface area (Å²) in [5, 5.41) is 9.23. The van der Waals surface area contributed by atoms with Crippen molar-refractivity contribution in [2.24, 2.45) is 0 Å². The van der Waals surface area contributed by atoms with E-state index in [1.54, 1.807) is 0 Å². The first kappa shape index (κ1) is 30.8. The van der Waals surface area contributed by atoms with E-state index in [-0.39, 0.29) is 40.4 Å². The molecule has 0 bridgehead atoms. The van der Waals surface area contributed by atoms with Crippen LogP contribution in [0, 0.1) is 0 Å². The standard InChI is InChI=1S/C30H30F6O4/c1-2-3-4-5-6-7-14-39-24-17-25(20-10-8-12-22(15-20)29(31,32)33)28(40-19-27(37)38)26(18-24)21-11-9-13-23(16-21)30(34,35)36/h8-13,15-18H,2-7,14,19H2,1H3,(H,37,38). The van der Waals surface area contributed by atoms with Crippen LogP contribution in [0.1, 0.15) is 56.6 Å². The minimum atomic E-state index is -4.66. The summed E-state index contributed by atoms with van der Waals surface area (Å²) in [6, 6.07) is 11.5. The molecule has 0 radical (unpaired) electrons.